The lowest BCUT2D eigenvalue weighted by molar-refractivity contribution is -0.0394. The molecule has 0 atom stereocenters. The maximum absolute atomic E-state index is 13.6. The molecular formula is C13H14FNO2. The molecule has 90 valence electrons. The fourth-order valence-electron chi connectivity index (χ4n) is 2.75. The van der Waals surface area contributed by atoms with Crippen LogP contribution in [0.2, 0.25) is 0 Å². The minimum Gasteiger partial charge on any atom is -0.450 e. The van der Waals surface area contributed by atoms with Crippen LogP contribution in [0.15, 0.2) is 18.2 Å². The van der Waals surface area contributed by atoms with Crippen LogP contribution in [0, 0.1) is 5.82 Å². The zero-order chi connectivity index (χ0) is 12.0. The first-order valence-electron chi connectivity index (χ1n) is 5.83. The van der Waals surface area contributed by atoms with Crippen molar-refractivity contribution >= 4 is 5.97 Å². The number of nitrogens with zero attached hydrogens (tertiary/aromatic N) is 1. The van der Waals surface area contributed by atoms with Gasteiger partial charge in [0.15, 0.2) is 0 Å². The van der Waals surface area contributed by atoms with E-state index in [0.717, 1.165) is 31.5 Å². The van der Waals surface area contributed by atoms with Crippen LogP contribution in [0.5, 0.6) is 0 Å². The largest absolute Gasteiger partial charge is 0.450 e. The number of fused-ring (bicyclic) bond motifs is 2. The van der Waals surface area contributed by atoms with Gasteiger partial charge in [0, 0.05) is 31.5 Å². The van der Waals surface area contributed by atoms with Gasteiger partial charge in [-0.05, 0) is 13.1 Å². The van der Waals surface area contributed by atoms with Crippen LogP contribution >= 0.6 is 0 Å². The third-order valence-electron chi connectivity index (χ3n) is 3.79. The number of carbonyl (C=O) groups is 1. The van der Waals surface area contributed by atoms with Gasteiger partial charge in [0.05, 0.1) is 0 Å². The molecule has 0 radical (unpaired) electrons. The molecule has 0 bridgehead atoms. The highest BCUT2D eigenvalue weighted by molar-refractivity contribution is 5.95. The highest BCUT2D eigenvalue weighted by atomic mass is 19.1. The third kappa shape index (κ3) is 1.47. The lowest BCUT2D eigenvalue weighted by Crippen LogP contribution is -2.40. The van der Waals surface area contributed by atoms with Gasteiger partial charge in [-0.15, -0.1) is 0 Å². The Hall–Kier alpha value is -1.42. The smallest absolute Gasteiger partial charge is 0.342 e. The Morgan fingerprint density at radius 3 is 2.76 bits per heavy atom. The molecular weight excluding hydrogens is 221 g/mol. The Bertz CT molecular complexity index is 478. The van der Waals surface area contributed by atoms with Crippen LogP contribution in [0.4, 0.5) is 4.39 Å². The number of hydrogen-bond acceptors (Lipinski definition) is 3. The zero-order valence-corrected chi connectivity index (χ0v) is 9.70. The number of rotatable bonds is 0. The van der Waals surface area contributed by atoms with E-state index in [-0.39, 0.29) is 5.56 Å². The van der Waals surface area contributed by atoms with E-state index in [1.165, 1.54) is 6.07 Å². The minimum atomic E-state index is -0.582. The predicted molar refractivity (Wildman–Crippen MR) is 60.2 cm³/mol. The molecule has 2 aliphatic heterocycles. The summed E-state index contributed by atoms with van der Waals surface area (Å²) in [5.74, 6) is -0.981. The number of hydrogen-bond donors (Lipinski definition) is 0. The van der Waals surface area contributed by atoms with Crippen LogP contribution in [0.3, 0.4) is 0 Å². The van der Waals surface area contributed by atoms with Crippen LogP contribution in [0.1, 0.15) is 28.8 Å². The van der Waals surface area contributed by atoms with Crippen molar-refractivity contribution in [1.29, 1.82) is 0 Å². The fourth-order valence-corrected chi connectivity index (χ4v) is 2.75. The molecule has 0 aromatic heterocycles. The Morgan fingerprint density at radius 1 is 1.35 bits per heavy atom. The Labute approximate surface area is 99.2 Å². The number of piperidine rings is 1. The summed E-state index contributed by atoms with van der Waals surface area (Å²) in [5, 5.41) is 0. The number of ether oxygens (including phenoxy) is 1. The lowest BCUT2D eigenvalue weighted by atomic mass is 9.84. The molecule has 1 aromatic rings. The van der Waals surface area contributed by atoms with Crippen molar-refractivity contribution < 1.29 is 13.9 Å². The fraction of sp³-hybridized carbons (Fsp3) is 0.462. The van der Waals surface area contributed by atoms with Crippen LogP contribution in [-0.4, -0.2) is 31.0 Å². The molecule has 2 aliphatic rings. The van der Waals surface area contributed by atoms with Crippen molar-refractivity contribution in [1.82, 2.24) is 4.90 Å². The first kappa shape index (κ1) is 10.7. The van der Waals surface area contributed by atoms with Gasteiger partial charge in [-0.2, -0.15) is 0 Å². The molecule has 0 unspecified atom stereocenters. The SMILES string of the molecule is CN1CCC2(CC1)OC(=O)c1c(F)cccc12. The van der Waals surface area contributed by atoms with Gasteiger partial charge in [-0.25, -0.2) is 9.18 Å². The topological polar surface area (TPSA) is 29.5 Å². The van der Waals surface area contributed by atoms with Crippen molar-refractivity contribution in [2.45, 2.75) is 18.4 Å². The van der Waals surface area contributed by atoms with Crippen molar-refractivity contribution in [2.24, 2.45) is 0 Å². The number of halogens is 1. The van der Waals surface area contributed by atoms with E-state index >= 15 is 0 Å². The first-order valence-corrected chi connectivity index (χ1v) is 5.83. The second-order valence-corrected chi connectivity index (χ2v) is 4.85. The Kier molecular flexibility index (Phi) is 2.23. The number of esters is 1. The quantitative estimate of drug-likeness (QED) is 0.643. The summed E-state index contributed by atoms with van der Waals surface area (Å²) < 4.78 is 19.1. The second-order valence-electron chi connectivity index (χ2n) is 4.85. The number of likely N-dealkylation sites (tertiary alicyclic amines) is 1. The van der Waals surface area contributed by atoms with Gasteiger partial charge in [0.2, 0.25) is 0 Å². The van der Waals surface area contributed by atoms with Gasteiger partial charge >= 0.3 is 5.97 Å². The van der Waals surface area contributed by atoms with E-state index in [1.807, 2.05) is 13.1 Å². The molecule has 1 saturated heterocycles. The Morgan fingerprint density at radius 2 is 2.06 bits per heavy atom. The normalized spacial score (nSPS) is 22.6. The van der Waals surface area contributed by atoms with Crippen molar-refractivity contribution in [3.8, 4) is 0 Å². The van der Waals surface area contributed by atoms with Gasteiger partial charge in [0.1, 0.15) is 17.0 Å². The second kappa shape index (κ2) is 3.53. The predicted octanol–water partition coefficient (Wildman–Crippen LogP) is 1.92. The summed E-state index contributed by atoms with van der Waals surface area (Å²) in [4.78, 5) is 14.0. The summed E-state index contributed by atoms with van der Waals surface area (Å²) in [7, 11) is 2.04. The van der Waals surface area contributed by atoms with Gasteiger partial charge < -0.3 is 9.64 Å². The van der Waals surface area contributed by atoms with Crippen LogP contribution < -0.4 is 0 Å². The zero-order valence-electron chi connectivity index (χ0n) is 9.70. The third-order valence-corrected chi connectivity index (χ3v) is 3.79. The van der Waals surface area contributed by atoms with Crippen molar-refractivity contribution in [2.75, 3.05) is 20.1 Å². The highest BCUT2D eigenvalue weighted by Gasteiger charge is 2.47. The highest BCUT2D eigenvalue weighted by Crippen LogP contribution is 2.44. The molecule has 17 heavy (non-hydrogen) atoms. The summed E-state index contributed by atoms with van der Waals surface area (Å²) in [6.45, 7) is 1.73. The van der Waals surface area contributed by atoms with E-state index in [1.54, 1.807) is 6.07 Å². The monoisotopic (exact) mass is 235 g/mol. The van der Waals surface area contributed by atoms with Crippen LogP contribution in [-0.2, 0) is 10.3 Å². The van der Waals surface area contributed by atoms with Gasteiger partial charge in [-0.1, -0.05) is 12.1 Å². The standard InChI is InChI=1S/C13H14FNO2/c1-15-7-5-13(6-8-15)9-3-2-4-10(14)11(9)12(16)17-13/h2-4H,5-8H2,1H3. The summed E-state index contributed by atoms with van der Waals surface area (Å²) in [5.41, 5.74) is 0.286. The minimum absolute atomic E-state index is 0.136. The van der Waals surface area contributed by atoms with Gasteiger partial charge in [-0.3, -0.25) is 0 Å². The van der Waals surface area contributed by atoms with Crippen molar-refractivity contribution in [3.63, 3.8) is 0 Å². The van der Waals surface area contributed by atoms with E-state index in [2.05, 4.69) is 4.90 Å². The molecule has 0 saturated carbocycles. The average Bonchev–Trinajstić information content (AvgIpc) is 2.58. The molecule has 1 spiro atoms. The summed E-state index contributed by atoms with van der Waals surface area (Å²) in [6.07, 6.45) is 1.48. The lowest BCUT2D eigenvalue weighted by Gasteiger charge is -2.36. The maximum atomic E-state index is 13.6. The molecule has 1 fully saturated rings. The molecule has 0 amide bonds. The summed E-state index contributed by atoms with van der Waals surface area (Å²) >= 11 is 0. The Balaban J connectivity index is 2.07. The molecule has 1 aromatic carbocycles. The van der Waals surface area contributed by atoms with Gasteiger partial charge in [0.25, 0.3) is 0 Å². The van der Waals surface area contributed by atoms with Crippen molar-refractivity contribution in [3.05, 3.63) is 35.1 Å². The number of carbonyl (C=O) groups excluding carboxylic acids is 1. The van der Waals surface area contributed by atoms with Crippen LogP contribution in [0.25, 0.3) is 0 Å². The van der Waals surface area contributed by atoms with E-state index < -0.39 is 17.4 Å². The molecule has 0 aliphatic carbocycles. The maximum Gasteiger partial charge on any atom is 0.342 e. The molecule has 3 nitrogen and oxygen atoms in total. The number of benzene rings is 1. The molecule has 4 heteroatoms. The first-order chi connectivity index (χ1) is 8.12. The van der Waals surface area contributed by atoms with E-state index in [4.69, 9.17) is 4.74 Å². The molecule has 3 rings (SSSR count). The van der Waals surface area contributed by atoms with E-state index in [0.29, 0.717) is 0 Å². The molecule has 2 heterocycles. The summed E-state index contributed by atoms with van der Waals surface area (Å²) in [6, 6.07) is 4.78. The van der Waals surface area contributed by atoms with E-state index in [9.17, 15) is 9.18 Å². The average molecular weight is 235 g/mol. The molecule has 0 N–H and O–H groups in total.